The van der Waals surface area contributed by atoms with E-state index in [1.54, 1.807) is 60.7 Å². The number of amides is 1. The van der Waals surface area contributed by atoms with E-state index in [1.165, 1.54) is 30.4 Å². The Balaban J connectivity index is 1.62. The molecule has 2 heterocycles. The number of phenolic OH excluding ortho intramolecular Hbond substituents is 1. The second-order valence-electron chi connectivity index (χ2n) is 7.69. The molecular formula is C26H19N7O4. The number of methoxy groups -OCH3 is 1. The van der Waals surface area contributed by atoms with Crippen LogP contribution in [-0.2, 0) is 4.74 Å². The third kappa shape index (κ3) is 4.60. The Morgan fingerprint density at radius 2 is 1.70 bits per heavy atom. The summed E-state index contributed by atoms with van der Waals surface area (Å²) in [5.41, 5.74) is 0.622. The number of anilines is 1. The summed E-state index contributed by atoms with van der Waals surface area (Å²) in [4.78, 5) is 33.8. The van der Waals surface area contributed by atoms with E-state index in [9.17, 15) is 14.7 Å². The van der Waals surface area contributed by atoms with E-state index < -0.39 is 11.9 Å². The van der Waals surface area contributed by atoms with Gasteiger partial charge in [-0.05, 0) is 35.0 Å². The lowest BCUT2D eigenvalue weighted by Gasteiger charge is -2.12. The number of hydrogen-bond donors (Lipinski definition) is 2. The zero-order chi connectivity index (χ0) is 25.8. The maximum Gasteiger partial charge on any atom is 0.343 e. The molecular weight excluding hydrogens is 474 g/mol. The molecule has 11 heteroatoms. The van der Waals surface area contributed by atoms with Gasteiger partial charge in [0, 0.05) is 18.1 Å². The molecule has 5 aromatic rings. The van der Waals surface area contributed by atoms with Crippen LogP contribution in [0.1, 0.15) is 20.7 Å². The zero-order valence-electron chi connectivity index (χ0n) is 19.4. The molecule has 0 unspecified atom stereocenters. The molecule has 5 rings (SSSR count). The van der Waals surface area contributed by atoms with Crippen LogP contribution in [0.15, 0.2) is 95.5 Å². The lowest BCUT2D eigenvalue weighted by molar-refractivity contribution is 0.0601. The maximum atomic E-state index is 13.2. The second-order valence-corrected chi connectivity index (χ2v) is 7.69. The summed E-state index contributed by atoms with van der Waals surface area (Å²) in [6.45, 7) is 0. The number of nitrogens with zero attached hydrogens (tertiary/aromatic N) is 6. The number of esters is 1. The number of carbonyl (C=O) groups is 2. The largest absolute Gasteiger partial charge is 0.505 e. The molecule has 0 aliphatic heterocycles. The minimum Gasteiger partial charge on any atom is -0.505 e. The van der Waals surface area contributed by atoms with Gasteiger partial charge in [0.2, 0.25) is 0 Å². The summed E-state index contributed by atoms with van der Waals surface area (Å²) in [6, 6.07) is 19.2. The van der Waals surface area contributed by atoms with E-state index >= 15 is 0 Å². The number of hydrogen-bond acceptors (Lipinski definition) is 9. The Labute approximate surface area is 210 Å². The van der Waals surface area contributed by atoms with Crippen molar-refractivity contribution >= 4 is 39.8 Å². The fourth-order valence-corrected chi connectivity index (χ4v) is 3.68. The first-order valence-corrected chi connectivity index (χ1v) is 11.0. The van der Waals surface area contributed by atoms with E-state index in [0.717, 1.165) is 0 Å². The van der Waals surface area contributed by atoms with Gasteiger partial charge in [-0.2, -0.15) is 9.78 Å². The lowest BCUT2D eigenvalue weighted by Crippen LogP contribution is -2.12. The number of aromatic hydroxyl groups is 1. The van der Waals surface area contributed by atoms with Gasteiger partial charge in [-0.1, -0.05) is 42.5 Å². The van der Waals surface area contributed by atoms with Crippen molar-refractivity contribution in [2.75, 3.05) is 12.4 Å². The molecule has 0 fully saturated rings. The summed E-state index contributed by atoms with van der Waals surface area (Å²) in [5.74, 6) is -1.45. The monoisotopic (exact) mass is 493 g/mol. The summed E-state index contributed by atoms with van der Waals surface area (Å²) >= 11 is 0. The number of rotatable bonds is 6. The van der Waals surface area contributed by atoms with Crippen molar-refractivity contribution in [3.05, 3.63) is 96.4 Å². The second kappa shape index (κ2) is 10.0. The van der Waals surface area contributed by atoms with Crippen LogP contribution in [-0.4, -0.2) is 43.8 Å². The highest BCUT2D eigenvalue weighted by Gasteiger charge is 2.22. The van der Waals surface area contributed by atoms with Gasteiger partial charge >= 0.3 is 5.97 Å². The summed E-state index contributed by atoms with van der Waals surface area (Å²) in [6.07, 6.45) is 4.28. The van der Waals surface area contributed by atoms with Crippen molar-refractivity contribution in [3.8, 4) is 11.7 Å². The number of azo groups is 1. The van der Waals surface area contributed by atoms with Crippen LogP contribution in [0.3, 0.4) is 0 Å². The van der Waals surface area contributed by atoms with Gasteiger partial charge in [0.25, 0.3) is 11.9 Å². The SMILES string of the molecule is COC(=O)c1cnn(-c2ncccn2)c1/N=N/c1cc2ccccc2c(C(=O)Nc2ccccc2)c1O. The van der Waals surface area contributed by atoms with Crippen molar-refractivity contribution in [2.45, 2.75) is 0 Å². The number of benzene rings is 3. The molecule has 0 spiro atoms. The minimum atomic E-state index is -0.693. The number of carbonyl (C=O) groups excluding carboxylic acids is 2. The van der Waals surface area contributed by atoms with Gasteiger partial charge in [0.1, 0.15) is 11.3 Å². The quantitative estimate of drug-likeness (QED) is 0.251. The van der Waals surface area contributed by atoms with E-state index in [1.807, 2.05) is 6.07 Å². The fourth-order valence-electron chi connectivity index (χ4n) is 3.68. The van der Waals surface area contributed by atoms with Gasteiger partial charge in [0.05, 0.1) is 18.9 Å². The normalized spacial score (nSPS) is 11.1. The molecule has 0 aliphatic carbocycles. The number of ether oxygens (including phenoxy) is 1. The number of para-hydroxylation sites is 1. The summed E-state index contributed by atoms with van der Waals surface area (Å²) < 4.78 is 6.05. The zero-order valence-corrected chi connectivity index (χ0v) is 19.4. The number of aromatic nitrogens is 4. The molecule has 3 aromatic carbocycles. The molecule has 1 amide bonds. The lowest BCUT2D eigenvalue weighted by atomic mass is 10.0. The van der Waals surface area contributed by atoms with Crippen molar-refractivity contribution in [1.29, 1.82) is 0 Å². The third-order valence-corrected chi connectivity index (χ3v) is 5.40. The number of nitrogens with one attached hydrogen (secondary N) is 1. The summed E-state index contributed by atoms with van der Waals surface area (Å²) in [7, 11) is 1.23. The Morgan fingerprint density at radius 1 is 0.973 bits per heavy atom. The Hall–Kier alpha value is -5.45. The molecule has 2 N–H and O–H groups in total. The van der Waals surface area contributed by atoms with E-state index in [0.29, 0.717) is 16.5 Å². The van der Waals surface area contributed by atoms with Gasteiger partial charge in [-0.25, -0.2) is 14.8 Å². The van der Waals surface area contributed by atoms with Gasteiger partial charge < -0.3 is 15.2 Å². The first-order valence-electron chi connectivity index (χ1n) is 11.0. The molecule has 0 saturated heterocycles. The average Bonchev–Trinajstić information content (AvgIpc) is 3.36. The highest BCUT2D eigenvalue weighted by molar-refractivity contribution is 6.16. The van der Waals surface area contributed by atoms with Crippen molar-refractivity contribution in [1.82, 2.24) is 19.7 Å². The van der Waals surface area contributed by atoms with Crippen LogP contribution < -0.4 is 5.32 Å². The predicted molar refractivity (Wildman–Crippen MR) is 135 cm³/mol. The highest BCUT2D eigenvalue weighted by atomic mass is 16.5. The van der Waals surface area contributed by atoms with Gasteiger partial charge in [-0.15, -0.1) is 10.2 Å². The van der Waals surface area contributed by atoms with Crippen molar-refractivity contribution < 1.29 is 19.4 Å². The molecule has 0 aliphatic rings. The predicted octanol–water partition coefficient (Wildman–Crippen LogP) is 4.98. The van der Waals surface area contributed by atoms with Crippen molar-refractivity contribution in [3.63, 3.8) is 0 Å². The van der Waals surface area contributed by atoms with Crippen LogP contribution in [0.25, 0.3) is 16.7 Å². The van der Waals surface area contributed by atoms with E-state index in [2.05, 4.69) is 30.6 Å². The molecule has 0 radical (unpaired) electrons. The Morgan fingerprint density at radius 3 is 2.46 bits per heavy atom. The Kier molecular flexibility index (Phi) is 6.32. The van der Waals surface area contributed by atoms with Crippen LogP contribution >= 0.6 is 0 Å². The van der Waals surface area contributed by atoms with Crippen molar-refractivity contribution in [2.24, 2.45) is 10.2 Å². The fraction of sp³-hybridized carbons (Fsp3) is 0.0385. The molecule has 37 heavy (non-hydrogen) atoms. The van der Waals surface area contributed by atoms with Gasteiger partial charge in [-0.3, -0.25) is 4.79 Å². The van der Waals surface area contributed by atoms with Crippen LogP contribution in [0.4, 0.5) is 17.2 Å². The molecule has 0 saturated carbocycles. The summed E-state index contributed by atoms with van der Waals surface area (Å²) in [5, 5.41) is 27.6. The highest BCUT2D eigenvalue weighted by Crippen LogP contribution is 2.38. The Bertz CT molecular complexity index is 1630. The molecule has 0 atom stereocenters. The average molecular weight is 493 g/mol. The van der Waals surface area contributed by atoms with Crippen LogP contribution in [0.5, 0.6) is 5.75 Å². The standard InChI is InChI=1S/C26H19N7O4/c1-37-25(36)19-15-29-33(26-27-12-7-13-28-26)23(19)32-31-20-14-16-8-5-6-11-18(16)21(22(20)34)24(35)30-17-9-3-2-4-10-17/h2-15,34H,1H3,(H,30,35)/b32-31+. The first kappa shape index (κ1) is 23.3. The third-order valence-electron chi connectivity index (χ3n) is 5.40. The number of fused-ring (bicyclic) bond motifs is 1. The molecule has 11 nitrogen and oxygen atoms in total. The first-order chi connectivity index (χ1) is 18.1. The molecule has 0 bridgehead atoms. The van der Waals surface area contributed by atoms with E-state index in [4.69, 9.17) is 4.74 Å². The smallest absolute Gasteiger partial charge is 0.343 e. The number of phenols is 1. The molecule has 182 valence electrons. The van der Waals surface area contributed by atoms with E-state index in [-0.39, 0.29) is 34.3 Å². The van der Waals surface area contributed by atoms with Crippen LogP contribution in [0, 0.1) is 0 Å². The maximum absolute atomic E-state index is 13.2. The molecule has 2 aromatic heterocycles. The minimum absolute atomic E-state index is 0.00876. The topological polar surface area (TPSA) is 144 Å². The van der Waals surface area contributed by atoms with Gasteiger partial charge in [0.15, 0.2) is 11.6 Å². The van der Waals surface area contributed by atoms with Crippen LogP contribution in [0.2, 0.25) is 0 Å².